The second-order valence-corrected chi connectivity index (χ2v) is 6.67. The van der Waals surface area contributed by atoms with Crippen LogP contribution in [0.4, 0.5) is 0 Å². The number of amides is 1. The van der Waals surface area contributed by atoms with E-state index in [0.717, 1.165) is 12.0 Å². The zero-order chi connectivity index (χ0) is 17.2. The Morgan fingerprint density at radius 3 is 2.46 bits per heavy atom. The van der Waals surface area contributed by atoms with Crippen LogP contribution in [0.25, 0.3) is 0 Å². The SMILES string of the molecule is COC(=O)CCN(Cc1ccccc1)C(=O)CCC1CCCCC1. The van der Waals surface area contributed by atoms with Crippen LogP contribution in [0.5, 0.6) is 0 Å². The largest absolute Gasteiger partial charge is 0.469 e. The van der Waals surface area contributed by atoms with Crippen LogP contribution in [0, 0.1) is 5.92 Å². The Hall–Kier alpha value is -1.84. The lowest BCUT2D eigenvalue weighted by molar-refractivity contribution is -0.142. The van der Waals surface area contributed by atoms with E-state index in [1.54, 1.807) is 4.90 Å². The van der Waals surface area contributed by atoms with Gasteiger partial charge in [0.15, 0.2) is 0 Å². The highest BCUT2D eigenvalue weighted by Gasteiger charge is 2.19. The Kier molecular flexibility index (Phi) is 7.80. The van der Waals surface area contributed by atoms with E-state index in [2.05, 4.69) is 0 Å². The summed E-state index contributed by atoms with van der Waals surface area (Å²) in [7, 11) is 1.38. The predicted octanol–water partition coefficient (Wildman–Crippen LogP) is 3.94. The average molecular weight is 331 g/mol. The molecular weight excluding hydrogens is 302 g/mol. The third-order valence-corrected chi connectivity index (χ3v) is 4.87. The Labute approximate surface area is 145 Å². The van der Waals surface area contributed by atoms with Gasteiger partial charge in [0.05, 0.1) is 13.5 Å². The van der Waals surface area contributed by atoms with E-state index in [-0.39, 0.29) is 18.3 Å². The Bertz CT molecular complexity index is 509. The summed E-state index contributed by atoms with van der Waals surface area (Å²) in [6.07, 6.45) is 8.26. The van der Waals surface area contributed by atoms with E-state index < -0.39 is 0 Å². The molecule has 0 unspecified atom stereocenters. The molecule has 0 aromatic heterocycles. The molecule has 1 aliphatic carbocycles. The van der Waals surface area contributed by atoms with E-state index in [9.17, 15) is 9.59 Å². The zero-order valence-corrected chi connectivity index (χ0v) is 14.7. The van der Waals surface area contributed by atoms with Crippen LogP contribution >= 0.6 is 0 Å². The van der Waals surface area contributed by atoms with Gasteiger partial charge in [-0.3, -0.25) is 9.59 Å². The first-order valence-electron chi connectivity index (χ1n) is 9.07. The van der Waals surface area contributed by atoms with E-state index in [1.807, 2.05) is 30.3 Å². The van der Waals surface area contributed by atoms with Gasteiger partial charge in [-0.25, -0.2) is 0 Å². The van der Waals surface area contributed by atoms with Crippen molar-refractivity contribution in [1.29, 1.82) is 0 Å². The van der Waals surface area contributed by atoms with Gasteiger partial charge in [-0.05, 0) is 17.9 Å². The van der Waals surface area contributed by atoms with Crippen molar-refractivity contribution in [2.45, 2.75) is 57.9 Å². The van der Waals surface area contributed by atoms with Crippen LogP contribution in [0.15, 0.2) is 30.3 Å². The summed E-state index contributed by atoms with van der Waals surface area (Å²) >= 11 is 0. The maximum atomic E-state index is 12.7. The van der Waals surface area contributed by atoms with Gasteiger partial charge in [-0.2, -0.15) is 0 Å². The maximum Gasteiger partial charge on any atom is 0.307 e. The minimum Gasteiger partial charge on any atom is -0.469 e. The number of hydrogen-bond acceptors (Lipinski definition) is 3. The molecule has 1 aromatic carbocycles. The van der Waals surface area contributed by atoms with E-state index in [1.165, 1.54) is 39.2 Å². The molecule has 4 nitrogen and oxygen atoms in total. The molecular formula is C20H29NO3. The summed E-state index contributed by atoms with van der Waals surface area (Å²) < 4.78 is 4.71. The molecule has 1 aromatic rings. The molecule has 0 N–H and O–H groups in total. The first-order chi connectivity index (χ1) is 11.7. The molecule has 0 aliphatic heterocycles. The van der Waals surface area contributed by atoms with Gasteiger partial charge in [-0.15, -0.1) is 0 Å². The number of rotatable bonds is 8. The molecule has 132 valence electrons. The molecule has 0 bridgehead atoms. The summed E-state index contributed by atoms with van der Waals surface area (Å²) in [5.41, 5.74) is 1.09. The molecule has 0 saturated heterocycles. The van der Waals surface area contributed by atoms with Gasteiger partial charge in [0.2, 0.25) is 5.91 Å². The van der Waals surface area contributed by atoms with Gasteiger partial charge < -0.3 is 9.64 Å². The van der Waals surface area contributed by atoms with E-state index >= 15 is 0 Å². The molecule has 1 amide bonds. The van der Waals surface area contributed by atoms with Gasteiger partial charge in [0, 0.05) is 19.5 Å². The third kappa shape index (κ3) is 6.34. The minimum atomic E-state index is -0.270. The van der Waals surface area contributed by atoms with Crippen LogP contribution in [0.3, 0.4) is 0 Å². The maximum absolute atomic E-state index is 12.7. The van der Waals surface area contributed by atoms with Crippen molar-refractivity contribution in [1.82, 2.24) is 4.90 Å². The summed E-state index contributed by atoms with van der Waals surface area (Å²) in [4.78, 5) is 25.9. The van der Waals surface area contributed by atoms with Gasteiger partial charge in [0.25, 0.3) is 0 Å². The van der Waals surface area contributed by atoms with Crippen LogP contribution < -0.4 is 0 Å². The number of carbonyl (C=O) groups is 2. The van der Waals surface area contributed by atoms with Crippen molar-refractivity contribution in [3.63, 3.8) is 0 Å². The van der Waals surface area contributed by atoms with E-state index in [0.29, 0.717) is 25.4 Å². The van der Waals surface area contributed by atoms with Crippen LogP contribution in [-0.4, -0.2) is 30.4 Å². The number of benzene rings is 1. The lowest BCUT2D eigenvalue weighted by Crippen LogP contribution is -2.33. The van der Waals surface area contributed by atoms with Gasteiger partial charge in [-0.1, -0.05) is 62.4 Å². The smallest absolute Gasteiger partial charge is 0.307 e. The van der Waals surface area contributed by atoms with Crippen molar-refractivity contribution in [2.75, 3.05) is 13.7 Å². The number of carbonyl (C=O) groups excluding carboxylic acids is 2. The molecule has 0 heterocycles. The van der Waals surface area contributed by atoms with Crippen LogP contribution in [0.2, 0.25) is 0 Å². The topological polar surface area (TPSA) is 46.6 Å². The highest BCUT2D eigenvalue weighted by Crippen LogP contribution is 2.27. The minimum absolute atomic E-state index is 0.147. The zero-order valence-electron chi connectivity index (χ0n) is 14.7. The fourth-order valence-electron chi connectivity index (χ4n) is 3.39. The lowest BCUT2D eigenvalue weighted by atomic mass is 9.86. The molecule has 4 heteroatoms. The summed E-state index contributed by atoms with van der Waals surface area (Å²) in [5, 5.41) is 0. The van der Waals surface area contributed by atoms with Gasteiger partial charge >= 0.3 is 5.97 Å². The van der Waals surface area contributed by atoms with Crippen molar-refractivity contribution >= 4 is 11.9 Å². The summed E-state index contributed by atoms with van der Waals surface area (Å²) in [6.45, 7) is 0.979. The molecule has 0 radical (unpaired) electrons. The Morgan fingerprint density at radius 2 is 1.79 bits per heavy atom. The van der Waals surface area contributed by atoms with E-state index in [4.69, 9.17) is 4.74 Å². The van der Waals surface area contributed by atoms with Crippen molar-refractivity contribution < 1.29 is 14.3 Å². The monoisotopic (exact) mass is 331 g/mol. The quantitative estimate of drug-likeness (QED) is 0.678. The standard InChI is InChI=1S/C20H29NO3/c1-24-20(23)14-15-21(16-18-10-6-3-7-11-18)19(22)13-12-17-8-4-2-5-9-17/h3,6-7,10-11,17H,2,4-5,8-9,12-16H2,1H3. The molecule has 1 saturated carbocycles. The van der Waals surface area contributed by atoms with Gasteiger partial charge in [0.1, 0.15) is 0 Å². The second-order valence-electron chi connectivity index (χ2n) is 6.67. The highest BCUT2D eigenvalue weighted by molar-refractivity contribution is 5.77. The first kappa shape index (κ1) is 18.5. The van der Waals surface area contributed by atoms with Crippen molar-refractivity contribution in [2.24, 2.45) is 5.92 Å². The summed E-state index contributed by atoms with van der Waals surface area (Å²) in [6, 6.07) is 9.94. The second kappa shape index (κ2) is 10.1. The number of hydrogen-bond donors (Lipinski definition) is 0. The summed E-state index contributed by atoms with van der Waals surface area (Å²) in [5.74, 6) is 0.573. The highest BCUT2D eigenvalue weighted by atomic mass is 16.5. The fourth-order valence-corrected chi connectivity index (χ4v) is 3.39. The molecule has 1 fully saturated rings. The van der Waals surface area contributed by atoms with Crippen molar-refractivity contribution in [3.8, 4) is 0 Å². The Morgan fingerprint density at radius 1 is 1.08 bits per heavy atom. The molecule has 24 heavy (non-hydrogen) atoms. The normalized spacial score (nSPS) is 15.0. The molecule has 1 aliphatic rings. The van der Waals surface area contributed by atoms with Crippen LogP contribution in [-0.2, 0) is 20.9 Å². The molecule has 0 atom stereocenters. The molecule has 0 spiro atoms. The van der Waals surface area contributed by atoms with Crippen LogP contribution in [0.1, 0.15) is 56.9 Å². The Balaban J connectivity index is 1.89. The fraction of sp³-hybridized carbons (Fsp3) is 0.600. The number of esters is 1. The number of ether oxygens (including phenoxy) is 1. The average Bonchev–Trinajstić information content (AvgIpc) is 2.64. The molecule has 2 rings (SSSR count). The van der Waals surface area contributed by atoms with Crippen molar-refractivity contribution in [3.05, 3.63) is 35.9 Å². The first-order valence-corrected chi connectivity index (χ1v) is 9.07. The number of methoxy groups -OCH3 is 1. The number of nitrogens with zero attached hydrogens (tertiary/aromatic N) is 1. The predicted molar refractivity (Wildman–Crippen MR) is 94.3 cm³/mol. The third-order valence-electron chi connectivity index (χ3n) is 4.87. The lowest BCUT2D eigenvalue weighted by Gasteiger charge is -2.25.